The SMILES string of the molecule is O=C(c1cccnc1)N1C2CCC1CC(O)C2. The molecular weight excluding hydrogens is 216 g/mol. The average Bonchev–Trinajstić information content (AvgIpc) is 2.62. The predicted molar refractivity (Wildman–Crippen MR) is 62.5 cm³/mol. The van der Waals surface area contributed by atoms with Crippen molar-refractivity contribution in [3.05, 3.63) is 30.1 Å². The zero-order valence-corrected chi connectivity index (χ0v) is 9.62. The number of aliphatic hydroxyl groups excluding tert-OH is 1. The first-order valence-corrected chi connectivity index (χ1v) is 6.16. The minimum atomic E-state index is -0.231. The summed E-state index contributed by atoms with van der Waals surface area (Å²) in [6.45, 7) is 0. The van der Waals surface area contributed by atoms with Gasteiger partial charge in [0.05, 0.1) is 11.7 Å². The van der Waals surface area contributed by atoms with Gasteiger partial charge >= 0.3 is 0 Å². The van der Waals surface area contributed by atoms with Crippen LogP contribution in [-0.2, 0) is 0 Å². The Labute approximate surface area is 100 Å². The Balaban J connectivity index is 1.84. The van der Waals surface area contributed by atoms with Gasteiger partial charge in [0, 0.05) is 24.5 Å². The molecule has 0 radical (unpaired) electrons. The highest BCUT2D eigenvalue weighted by atomic mass is 16.3. The summed E-state index contributed by atoms with van der Waals surface area (Å²) in [6, 6.07) is 4.03. The minimum Gasteiger partial charge on any atom is -0.393 e. The fourth-order valence-corrected chi connectivity index (χ4v) is 3.12. The van der Waals surface area contributed by atoms with Crippen molar-refractivity contribution in [2.45, 2.75) is 43.9 Å². The molecule has 2 atom stereocenters. The molecule has 0 aromatic carbocycles. The van der Waals surface area contributed by atoms with Crippen molar-refractivity contribution >= 4 is 5.91 Å². The number of carbonyl (C=O) groups is 1. The number of pyridine rings is 1. The zero-order valence-electron chi connectivity index (χ0n) is 9.62. The monoisotopic (exact) mass is 232 g/mol. The maximum absolute atomic E-state index is 12.4. The summed E-state index contributed by atoms with van der Waals surface area (Å²) in [7, 11) is 0. The Morgan fingerprint density at radius 2 is 2.06 bits per heavy atom. The van der Waals surface area contributed by atoms with E-state index < -0.39 is 0 Å². The minimum absolute atomic E-state index is 0.0671. The van der Waals surface area contributed by atoms with Crippen molar-refractivity contribution in [2.24, 2.45) is 0 Å². The van der Waals surface area contributed by atoms with Crippen LogP contribution in [0.5, 0.6) is 0 Å². The molecule has 2 aliphatic rings. The van der Waals surface area contributed by atoms with E-state index in [9.17, 15) is 9.90 Å². The number of nitrogens with zero attached hydrogens (tertiary/aromatic N) is 2. The second-order valence-electron chi connectivity index (χ2n) is 4.96. The molecule has 3 heterocycles. The van der Waals surface area contributed by atoms with E-state index in [0.717, 1.165) is 25.7 Å². The van der Waals surface area contributed by atoms with E-state index >= 15 is 0 Å². The molecule has 2 saturated heterocycles. The van der Waals surface area contributed by atoms with Crippen molar-refractivity contribution in [1.29, 1.82) is 0 Å². The van der Waals surface area contributed by atoms with Crippen LogP contribution in [0.15, 0.2) is 24.5 Å². The van der Waals surface area contributed by atoms with Gasteiger partial charge in [-0.15, -0.1) is 0 Å². The first kappa shape index (κ1) is 10.7. The molecule has 2 fully saturated rings. The Morgan fingerprint density at radius 1 is 1.35 bits per heavy atom. The summed E-state index contributed by atoms with van der Waals surface area (Å²) in [5.41, 5.74) is 0.654. The predicted octanol–water partition coefficient (Wildman–Crippen LogP) is 1.21. The number of fused-ring (bicyclic) bond motifs is 2. The Bertz CT molecular complexity index is 407. The van der Waals surface area contributed by atoms with E-state index in [1.165, 1.54) is 0 Å². The largest absolute Gasteiger partial charge is 0.393 e. The van der Waals surface area contributed by atoms with Crippen molar-refractivity contribution in [3.8, 4) is 0 Å². The third-order valence-electron chi connectivity index (χ3n) is 3.85. The molecule has 0 spiro atoms. The Kier molecular flexibility index (Phi) is 2.59. The summed E-state index contributed by atoms with van der Waals surface area (Å²) < 4.78 is 0. The van der Waals surface area contributed by atoms with Gasteiger partial charge in [0.15, 0.2) is 0 Å². The van der Waals surface area contributed by atoms with Gasteiger partial charge in [0.2, 0.25) is 0 Å². The topological polar surface area (TPSA) is 53.4 Å². The van der Waals surface area contributed by atoms with Crippen LogP contribution in [0.4, 0.5) is 0 Å². The second kappa shape index (κ2) is 4.11. The quantitative estimate of drug-likeness (QED) is 0.791. The van der Waals surface area contributed by atoms with Crippen LogP contribution in [0.2, 0.25) is 0 Å². The van der Waals surface area contributed by atoms with E-state index in [-0.39, 0.29) is 24.1 Å². The fraction of sp³-hybridized carbons (Fsp3) is 0.538. The Morgan fingerprint density at radius 3 is 2.65 bits per heavy atom. The summed E-state index contributed by atoms with van der Waals surface area (Å²) >= 11 is 0. The molecule has 2 bridgehead atoms. The van der Waals surface area contributed by atoms with Crippen LogP contribution >= 0.6 is 0 Å². The summed E-state index contributed by atoms with van der Waals surface area (Å²) in [4.78, 5) is 18.3. The van der Waals surface area contributed by atoms with E-state index in [2.05, 4.69) is 4.98 Å². The number of carbonyl (C=O) groups excluding carboxylic acids is 1. The van der Waals surface area contributed by atoms with Crippen LogP contribution < -0.4 is 0 Å². The lowest BCUT2D eigenvalue weighted by atomic mass is 9.99. The maximum Gasteiger partial charge on any atom is 0.255 e. The third kappa shape index (κ3) is 1.82. The highest BCUT2D eigenvalue weighted by Crippen LogP contribution is 2.36. The Hall–Kier alpha value is -1.42. The molecule has 0 saturated carbocycles. The standard InChI is InChI=1S/C13H16N2O2/c16-12-6-10-3-4-11(7-12)15(10)13(17)9-2-1-5-14-8-9/h1-2,5,8,10-12,16H,3-4,6-7H2. The average molecular weight is 232 g/mol. The van der Waals surface area contributed by atoms with Crippen molar-refractivity contribution in [3.63, 3.8) is 0 Å². The smallest absolute Gasteiger partial charge is 0.255 e. The van der Waals surface area contributed by atoms with Crippen LogP contribution in [0.3, 0.4) is 0 Å². The number of piperidine rings is 1. The molecule has 1 N–H and O–H groups in total. The van der Waals surface area contributed by atoms with Gasteiger partial charge in [0.25, 0.3) is 5.91 Å². The number of aliphatic hydroxyl groups is 1. The third-order valence-corrected chi connectivity index (χ3v) is 3.85. The van der Waals surface area contributed by atoms with Gasteiger partial charge in [-0.1, -0.05) is 0 Å². The number of rotatable bonds is 1. The van der Waals surface area contributed by atoms with Gasteiger partial charge in [-0.25, -0.2) is 0 Å². The van der Waals surface area contributed by atoms with Crippen LogP contribution in [0.25, 0.3) is 0 Å². The second-order valence-corrected chi connectivity index (χ2v) is 4.96. The number of hydrogen-bond donors (Lipinski definition) is 1. The summed E-state index contributed by atoms with van der Waals surface area (Å²) in [5.74, 6) is 0.0671. The molecule has 1 amide bonds. The summed E-state index contributed by atoms with van der Waals surface area (Å²) in [5, 5.41) is 9.71. The van der Waals surface area contributed by atoms with E-state index in [1.54, 1.807) is 24.5 Å². The molecule has 2 unspecified atom stereocenters. The molecule has 1 aromatic rings. The molecule has 0 aliphatic carbocycles. The number of amides is 1. The van der Waals surface area contributed by atoms with Gasteiger partial charge in [-0.05, 0) is 37.8 Å². The van der Waals surface area contributed by atoms with Crippen LogP contribution in [0.1, 0.15) is 36.0 Å². The van der Waals surface area contributed by atoms with E-state index in [1.807, 2.05) is 4.90 Å². The normalized spacial score (nSPS) is 31.6. The lowest BCUT2D eigenvalue weighted by Crippen LogP contribution is -2.48. The number of aromatic nitrogens is 1. The highest BCUT2D eigenvalue weighted by molar-refractivity contribution is 5.94. The van der Waals surface area contributed by atoms with Crippen molar-refractivity contribution in [1.82, 2.24) is 9.88 Å². The van der Waals surface area contributed by atoms with Gasteiger partial charge in [0.1, 0.15) is 0 Å². The maximum atomic E-state index is 12.4. The first-order valence-electron chi connectivity index (χ1n) is 6.16. The highest BCUT2D eigenvalue weighted by Gasteiger charge is 2.42. The molecule has 17 heavy (non-hydrogen) atoms. The molecule has 2 aliphatic heterocycles. The molecule has 4 nitrogen and oxygen atoms in total. The van der Waals surface area contributed by atoms with Gasteiger partial charge < -0.3 is 10.0 Å². The van der Waals surface area contributed by atoms with E-state index in [4.69, 9.17) is 0 Å². The lowest BCUT2D eigenvalue weighted by Gasteiger charge is -2.37. The van der Waals surface area contributed by atoms with Crippen molar-refractivity contribution < 1.29 is 9.90 Å². The summed E-state index contributed by atoms with van der Waals surface area (Å²) in [6.07, 6.45) is 6.55. The molecular formula is C13H16N2O2. The molecule has 4 heteroatoms. The lowest BCUT2D eigenvalue weighted by molar-refractivity contribution is 0.0286. The first-order chi connectivity index (χ1) is 8.25. The fourth-order valence-electron chi connectivity index (χ4n) is 3.12. The molecule has 3 rings (SSSR count). The molecule has 90 valence electrons. The van der Waals surface area contributed by atoms with Crippen LogP contribution in [0, 0.1) is 0 Å². The van der Waals surface area contributed by atoms with Crippen LogP contribution in [-0.4, -0.2) is 39.1 Å². The van der Waals surface area contributed by atoms with Gasteiger partial charge in [-0.2, -0.15) is 0 Å². The van der Waals surface area contributed by atoms with Crippen molar-refractivity contribution in [2.75, 3.05) is 0 Å². The van der Waals surface area contributed by atoms with E-state index in [0.29, 0.717) is 5.56 Å². The van der Waals surface area contributed by atoms with Gasteiger partial charge in [-0.3, -0.25) is 9.78 Å². The number of hydrogen-bond acceptors (Lipinski definition) is 3. The molecule has 1 aromatic heterocycles. The zero-order chi connectivity index (χ0) is 11.8.